The minimum absolute atomic E-state index is 0.0872. The van der Waals surface area contributed by atoms with Crippen LogP contribution in [0, 0.1) is 0 Å². The number of aromatic nitrogens is 2. The van der Waals surface area contributed by atoms with Crippen LogP contribution in [0.3, 0.4) is 0 Å². The second-order valence-electron chi connectivity index (χ2n) is 6.29. The summed E-state index contributed by atoms with van der Waals surface area (Å²) in [6.45, 7) is 5.28. The van der Waals surface area contributed by atoms with E-state index < -0.39 is 23.7 Å². The van der Waals surface area contributed by atoms with Gasteiger partial charge in [-0.25, -0.2) is 14.6 Å². The molecule has 1 heterocycles. The SMILES string of the molecule is Cn1cncc1C(C(=O)O)N(C(=O)OC(C)(C)C)C1CC1. The Labute approximate surface area is 123 Å². The highest BCUT2D eigenvalue weighted by Gasteiger charge is 2.44. The molecule has 0 saturated heterocycles. The molecule has 0 spiro atoms. The maximum Gasteiger partial charge on any atom is 0.411 e. The summed E-state index contributed by atoms with van der Waals surface area (Å²) in [5.41, 5.74) is -0.208. The topological polar surface area (TPSA) is 84.7 Å². The zero-order valence-corrected chi connectivity index (χ0v) is 12.7. The molecule has 1 aliphatic carbocycles. The summed E-state index contributed by atoms with van der Waals surface area (Å²) < 4.78 is 6.97. The van der Waals surface area contributed by atoms with Crippen molar-refractivity contribution < 1.29 is 19.4 Å². The molecule has 1 saturated carbocycles. The molecule has 1 unspecified atom stereocenters. The molecule has 1 aromatic rings. The van der Waals surface area contributed by atoms with Crippen LogP contribution in [0.4, 0.5) is 4.79 Å². The molecule has 0 radical (unpaired) electrons. The molecule has 2 rings (SSSR count). The van der Waals surface area contributed by atoms with Gasteiger partial charge in [-0.2, -0.15) is 0 Å². The molecule has 0 bridgehead atoms. The van der Waals surface area contributed by atoms with E-state index in [0.717, 1.165) is 12.8 Å². The Morgan fingerprint density at radius 3 is 2.48 bits per heavy atom. The number of imidazole rings is 1. The van der Waals surface area contributed by atoms with E-state index in [1.807, 2.05) is 0 Å². The van der Waals surface area contributed by atoms with Gasteiger partial charge in [0.1, 0.15) is 5.60 Å². The number of aliphatic carboxylic acids is 1. The van der Waals surface area contributed by atoms with Gasteiger partial charge in [-0.1, -0.05) is 0 Å². The number of nitrogens with zero attached hydrogens (tertiary/aromatic N) is 3. The number of carbonyl (C=O) groups is 2. The van der Waals surface area contributed by atoms with Crippen molar-refractivity contribution >= 4 is 12.1 Å². The van der Waals surface area contributed by atoms with Gasteiger partial charge in [0.05, 0.1) is 18.2 Å². The fourth-order valence-electron chi connectivity index (χ4n) is 2.15. The number of amides is 1. The van der Waals surface area contributed by atoms with Crippen LogP contribution in [0.1, 0.15) is 45.3 Å². The van der Waals surface area contributed by atoms with E-state index in [-0.39, 0.29) is 6.04 Å². The quantitative estimate of drug-likeness (QED) is 0.917. The summed E-state index contributed by atoms with van der Waals surface area (Å²) in [6.07, 6.45) is 3.98. The highest BCUT2D eigenvalue weighted by Crippen LogP contribution is 2.35. The molecule has 7 heteroatoms. The molecule has 1 aromatic heterocycles. The third kappa shape index (κ3) is 3.53. The zero-order chi connectivity index (χ0) is 15.8. The molecule has 1 atom stereocenters. The van der Waals surface area contributed by atoms with Crippen LogP contribution in [-0.2, 0) is 16.6 Å². The Kier molecular flexibility index (Phi) is 3.93. The van der Waals surface area contributed by atoms with Crippen LogP contribution < -0.4 is 0 Å². The summed E-state index contributed by atoms with van der Waals surface area (Å²) >= 11 is 0. The van der Waals surface area contributed by atoms with Gasteiger partial charge in [-0.15, -0.1) is 0 Å². The van der Waals surface area contributed by atoms with Gasteiger partial charge in [-0.05, 0) is 33.6 Å². The number of aryl methyl sites for hydroxylation is 1. The highest BCUT2D eigenvalue weighted by molar-refractivity contribution is 5.81. The van der Waals surface area contributed by atoms with Gasteiger partial charge in [0.2, 0.25) is 0 Å². The molecule has 116 valence electrons. The molecule has 1 aliphatic rings. The fourth-order valence-corrected chi connectivity index (χ4v) is 2.15. The normalized spacial score (nSPS) is 16.4. The van der Waals surface area contributed by atoms with Gasteiger partial charge >= 0.3 is 12.1 Å². The Balaban J connectivity index is 2.32. The Hall–Kier alpha value is -2.05. The van der Waals surface area contributed by atoms with Crippen LogP contribution in [0.5, 0.6) is 0 Å². The summed E-state index contributed by atoms with van der Waals surface area (Å²) in [7, 11) is 1.71. The van der Waals surface area contributed by atoms with Crippen molar-refractivity contribution in [3.8, 4) is 0 Å². The average Bonchev–Trinajstić information content (AvgIpc) is 3.06. The number of hydrogen-bond acceptors (Lipinski definition) is 4. The molecule has 1 amide bonds. The smallest absolute Gasteiger partial charge is 0.411 e. The van der Waals surface area contributed by atoms with Crippen LogP contribution in [0.15, 0.2) is 12.5 Å². The van der Waals surface area contributed by atoms with Crippen molar-refractivity contribution in [1.29, 1.82) is 0 Å². The predicted molar refractivity (Wildman–Crippen MR) is 74.7 cm³/mol. The zero-order valence-electron chi connectivity index (χ0n) is 12.7. The van der Waals surface area contributed by atoms with Crippen molar-refractivity contribution in [3.63, 3.8) is 0 Å². The molecular weight excluding hydrogens is 274 g/mol. The molecular formula is C14H21N3O4. The van der Waals surface area contributed by atoms with Crippen molar-refractivity contribution in [2.24, 2.45) is 7.05 Å². The Morgan fingerprint density at radius 2 is 2.10 bits per heavy atom. The van der Waals surface area contributed by atoms with Gasteiger partial charge in [0.25, 0.3) is 0 Å². The summed E-state index contributed by atoms with van der Waals surface area (Å²) in [4.78, 5) is 29.4. The Bertz CT molecular complexity index is 543. The monoisotopic (exact) mass is 295 g/mol. The molecule has 1 fully saturated rings. The van der Waals surface area contributed by atoms with Gasteiger partial charge < -0.3 is 14.4 Å². The van der Waals surface area contributed by atoms with Crippen molar-refractivity contribution in [3.05, 3.63) is 18.2 Å². The lowest BCUT2D eigenvalue weighted by Gasteiger charge is -2.31. The second-order valence-corrected chi connectivity index (χ2v) is 6.29. The molecule has 0 aliphatic heterocycles. The first-order valence-corrected chi connectivity index (χ1v) is 6.91. The van der Waals surface area contributed by atoms with E-state index in [1.165, 1.54) is 17.4 Å². The second kappa shape index (κ2) is 5.38. The minimum Gasteiger partial charge on any atom is -0.479 e. The van der Waals surface area contributed by atoms with Crippen LogP contribution in [0.2, 0.25) is 0 Å². The first-order valence-electron chi connectivity index (χ1n) is 6.91. The molecule has 0 aromatic carbocycles. The van der Waals surface area contributed by atoms with E-state index in [9.17, 15) is 14.7 Å². The van der Waals surface area contributed by atoms with Crippen molar-refractivity contribution in [2.75, 3.05) is 0 Å². The standard InChI is InChI=1S/C14H21N3O4/c1-14(2,3)21-13(20)17(9-5-6-9)11(12(18)19)10-7-15-8-16(10)4/h7-9,11H,5-6H2,1-4H3,(H,18,19). The number of rotatable bonds is 4. The first kappa shape index (κ1) is 15.3. The maximum atomic E-state index is 12.4. The van der Waals surface area contributed by atoms with Crippen LogP contribution in [0.25, 0.3) is 0 Å². The molecule has 1 N–H and O–H groups in total. The van der Waals surface area contributed by atoms with Gasteiger partial charge in [0.15, 0.2) is 6.04 Å². The van der Waals surface area contributed by atoms with Crippen LogP contribution in [-0.4, -0.2) is 43.3 Å². The average molecular weight is 295 g/mol. The molecule has 7 nitrogen and oxygen atoms in total. The van der Waals surface area contributed by atoms with E-state index in [4.69, 9.17) is 4.74 Å². The minimum atomic E-state index is -1.09. The largest absolute Gasteiger partial charge is 0.479 e. The van der Waals surface area contributed by atoms with Gasteiger partial charge in [0, 0.05) is 13.1 Å². The number of carboxylic acid groups (broad SMARTS) is 1. The van der Waals surface area contributed by atoms with Crippen molar-refractivity contribution in [2.45, 2.75) is 51.3 Å². The third-order valence-corrected chi connectivity index (χ3v) is 3.19. The molecule has 21 heavy (non-hydrogen) atoms. The number of ether oxygens (including phenoxy) is 1. The van der Waals surface area contributed by atoms with Crippen molar-refractivity contribution in [1.82, 2.24) is 14.5 Å². The van der Waals surface area contributed by atoms with E-state index in [1.54, 1.807) is 32.4 Å². The van der Waals surface area contributed by atoms with E-state index in [2.05, 4.69) is 4.98 Å². The fraction of sp³-hybridized carbons (Fsp3) is 0.643. The summed E-state index contributed by atoms with van der Waals surface area (Å²) in [5.74, 6) is -1.09. The summed E-state index contributed by atoms with van der Waals surface area (Å²) in [6, 6.07) is -1.17. The first-order chi connectivity index (χ1) is 9.70. The number of hydrogen-bond donors (Lipinski definition) is 1. The van der Waals surface area contributed by atoms with Crippen LogP contribution >= 0.6 is 0 Å². The number of carbonyl (C=O) groups excluding carboxylic acids is 1. The van der Waals surface area contributed by atoms with E-state index in [0.29, 0.717) is 5.69 Å². The highest BCUT2D eigenvalue weighted by atomic mass is 16.6. The van der Waals surface area contributed by atoms with E-state index >= 15 is 0 Å². The lowest BCUT2D eigenvalue weighted by Crippen LogP contribution is -2.44. The Morgan fingerprint density at radius 1 is 1.48 bits per heavy atom. The maximum absolute atomic E-state index is 12.4. The third-order valence-electron chi connectivity index (χ3n) is 3.19. The lowest BCUT2D eigenvalue weighted by atomic mass is 10.1. The number of carboxylic acids is 1. The summed E-state index contributed by atoms with van der Waals surface area (Å²) in [5, 5.41) is 9.57. The lowest BCUT2D eigenvalue weighted by molar-refractivity contribution is -0.144. The van der Waals surface area contributed by atoms with Gasteiger partial charge in [-0.3, -0.25) is 4.90 Å². The predicted octanol–water partition coefficient (Wildman–Crippen LogP) is 1.95.